The summed E-state index contributed by atoms with van der Waals surface area (Å²) in [6.07, 6.45) is -0.778. The summed E-state index contributed by atoms with van der Waals surface area (Å²) in [6.45, 7) is 0. The van der Waals surface area contributed by atoms with Crippen LogP contribution >= 0.6 is 11.6 Å². The van der Waals surface area contributed by atoms with Crippen molar-refractivity contribution in [3.63, 3.8) is 0 Å². The minimum atomic E-state index is -4.56. The lowest BCUT2D eigenvalue weighted by Gasteiger charge is -2.13. The first-order valence-electron chi connectivity index (χ1n) is 8.60. The van der Waals surface area contributed by atoms with Crippen molar-refractivity contribution in [2.24, 2.45) is 0 Å². The third-order valence-corrected chi connectivity index (χ3v) is 4.82. The largest absolute Gasteiger partial charge is 0.433 e. The second-order valence-corrected chi connectivity index (χ2v) is 7.03. The van der Waals surface area contributed by atoms with E-state index >= 15 is 0 Å². The molecule has 1 aliphatic rings. The summed E-state index contributed by atoms with van der Waals surface area (Å²) >= 11 is 5.79. The molecule has 29 heavy (non-hydrogen) atoms. The van der Waals surface area contributed by atoms with Crippen LogP contribution in [0.2, 0.25) is 5.02 Å². The number of nitrogens with one attached hydrogen (secondary N) is 1. The van der Waals surface area contributed by atoms with Crippen molar-refractivity contribution >= 4 is 17.5 Å². The highest BCUT2D eigenvalue weighted by Crippen LogP contribution is 2.33. The molecule has 10 heteroatoms. The molecule has 0 radical (unpaired) electrons. The lowest BCUT2D eigenvalue weighted by atomic mass is 10.1. The molecule has 1 unspecified atom stereocenters. The van der Waals surface area contributed by atoms with E-state index in [0.717, 1.165) is 24.4 Å². The van der Waals surface area contributed by atoms with E-state index in [4.69, 9.17) is 11.6 Å². The normalized spacial score (nSPS) is 16.0. The third kappa shape index (κ3) is 3.95. The lowest BCUT2D eigenvalue weighted by molar-refractivity contribution is -0.141. The maximum Gasteiger partial charge on any atom is 0.433 e. The van der Waals surface area contributed by atoms with Crippen LogP contribution in [0.5, 0.6) is 0 Å². The predicted octanol–water partition coefficient (Wildman–Crippen LogP) is 4.50. The van der Waals surface area contributed by atoms with Crippen molar-refractivity contribution in [2.45, 2.75) is 25.1 Å². The van der Waals surface area contributed by atoms with Crippen LogP contribution in [0.15, 0.2) is 42.7 Å². The average molecular weight is 425 g/mol. The minimum Gasteiger partial charge on any atom is -0.345 e. The number of amides is 1. The third-order valence-electron chi connectivity index (χ3n) is 4.60. The number of carbonyl (C=O) groups excluding carboxylic acids is 1. The fourth-order valence-electron chi connectivity index (χ4n) is 3.27. The zero-order valence-electron chi connectivity index (χ0n) is 14.7. The number of alkyl halides is 3. The van der Waals surface area contributed by atoms with Crippen LogP contribution < -0.4 is 5.32 Å². The second kappa shape index (κ2) is 7.14. The van der Waals surface area contributed by atoms with Gasteiger partial charge in [-0.25, -0.2) is 9.07 Å². The zero-order valence-corrected chi connectivity index (χ0v) is 15.4. The van der Waals surface area contributed by atoms with E-state index in [1.807, 2.05) is 0 Å². The van der Waals surface area contributed by atoms with Gasteiger partial charge >= 0.3 is 6.18 Å². The Kier molecular flexibility index (Phi) is 4.77. The molecule has 0 saturated heterocycles. The number of benzene rings is 1. The SMILES string of the molecule is O=C(NC1CCc2nn(-c3ccnc(C(F)(F)F)c3)cc21)c1cc(F)cc(Cl)c1. The summed E-state index contributed by atoms with van der Waals surface area (Å²) in [5, 5.41) is 7.23. The molecule has 1 aromatic carbocycles. The van der Waals surface area contributed by atoms with Gasteiger partial charge in [-0.2, -0.15) is 18.3 Å². The molecule has 0 bridgehead atoms. The van der Waals surface area contributed by atoms with E-state index in [-0.39, 0.29) is 16.3 Å². The summed E-state index contributed by atoms with van der Waals surface area (Å²) in [7, 11) is 0. The second-order valence-electron chi connectivity index (χ2n) is 6.60. The van der Waals surface area contributed by atoms with Crippen LogP contribution in [0.1, 0.15) is 39.8 Å². The Morgan fingerprint density at radius 2 is 2.03 bits per heavy atom. The number of hydrogen-bond donors (Lipinski definition) is 1. The Morgan fingerprint density at radius 1 is 1.24 bits per heavy atom. The molecule has 4 rings (SSSR count). The van der Waals surface area contributed by atoms with Crippen LogP contribution in [0, 0.1) is 5.82 Å². The van der Waals surface area contributed by atoms with Gasteiger partial charge in [0.15, 0.2) is 0 Å². The average Bonchev–Trinajstić information content (AvgIpc) is 3.22. The molecule has 5 nitrogen and oxygen atoms in total. The Labute approximate surface area is 167 Å². The molecule has 0 saturated carbocycles. The smallest absolute Gasteiger partial charge is 0.345 e. The number of carbonyl (C=O) groups is 1. The highest BCUT2D eigenvalue weighted by Gasteiger charge is 2.33. The molecule has 1 N–H and O–H groups in total. The van der Waals surface area contributed by atoms with E-state index in [0.29, 0.717) is 24.1 Å². The lowest BCUT2D eigenvalue weighted by Crippen LogP contribution is -2.27. The first-order chi connectivity index (χ1) is 13.7. The number of halogens is 5. The molecule has 0 spiro atoms. The van der Waals surface area contributed by atoms with E-state index in [1.165, 1.54) is 16.8 Å². The number of hydrogen-bond acceptors (Lipinski definition) is 3. The topological polar surface area (TPSA) is 59.8 Å². The van der Waals surface area contributed by atoms with Crippen LogP contribution in [0.25, 0.3) is 5.69 Å². The van der Waals surface area contributed by atoms with Gasteiger partial charge in [0.25, 0.3) is 5.91 Å². The monoisotopic (exact) mass is 424 g/mol. The number of aryl methyl sites for hydroxylation is 1. The van der Waals surface area contributed by atoms with Crippen LogP contribution in [0.4, 0.5) is 17.6 Å². The standard InChI is InChI=1S/C19H13ClF4N4O/c20-11-5-10(6-12(21)7-11)18(29)26-15-1-2-16-14(15)9-28(27-16)13-3-4-25-17(8-13)19(22,23)24/h3-9,15H,1-2H2,(H,26,29). The highest BCUT2D eigenvalue weighted by atomic mass is 35.5. The van der Waals surface area contributed by atoms with Gasteiger partial charge in [-0.3, -0.25) is 9.78 Å². The number of nitrogens with zero attached hydrogens (tertiary/aromatic N) is 3. The van der Waals surface area contributed by atoms with E-state index < -0.39 is 29.6 Å². The van der Waals surface area contributed by atoms with E-state index in [2.05, 4.69) is 15.4 Å². The molecule has 0 fully saturated rings. The van der Waals surface area contributed by atoms with Crippen LogP contribution in [-0.4, -0.2) is 20.7 Å². The molecule has 0 aliphatic heterocycles. The van der Waals surface area contributed by atoms with Crippen molar-refractivity contribution < 1.29 is 22.4 Å². The fourth-order valence-corrected chi connectivity index (χ4v) is 3.49. The molecular weight excluding hydrogens is 412 g/mol. The van der Waals surface area contributed by atoms with Crippen molar-refractivity contribution in [3.8, 4) is 5.69 Å². The highest BCUT2D eigenvalue weighted by molar-refractivity contribution is 6.31. The molecule has 1 aliphatic carbocycles. The van der Waals surface area contributed by atoms with Gasteiger partial charge in [-0.1, -0.05) is 11.6 Å². The molecule has 1 atom stereocenters. The van der Waals surface area contributed by atoms with Gasteiger partial charge in [0.1, 0.15) is 11.5 Å². The molecule has 3 aromatic rings. The Balaban J connectivity index is 1.57. The molecule has 2 heterocycles. The maximum atomic E-state index is 13.5. The quantitative estimate of drug-likeness (QED) is 0.630. The van der Waals surface area contributed by atoms with Gasteiger partial charge < -0.3 is 5.32 Å². The summed E-state index contributed by atoms with van der Waals surface area (Å²) in [5.41, 5.74) is 0.658. The van der Waals surface area contributed by atoms with Gasteiger partial charge in [0.2, 0.25) is 0 Å². The first kappa shape index (κ1) is 19.4. The first-order valence-corrected chi connectivity index (χ1v) is 8.97. The Bertz CT molecular complexity index is 1080. The number of fused-ring (bicyclic) bond motifs is 1. The zero-order chi connectivity index (χ0) is 20.8. The molecular formula is C19H13ClF4N4O. The summed E-state index contributed by atoms with van der Waals surface area (Å²) < 4.78 is 53.5. The van der Waals surface area contributed by atoms with Gasteiger partial charge in [-0.05, 0) is 43.2 Å². The van der Waals surface area contributed by atoms with Crippen molar-refractivity contribution in [1.29, 1.82) is 0 Å². The van der Waals surface area contributed by atoms with Gasteiger partial charge in [-0.15, -0.1) is 0 Å². The Hall–Kier alpha value is -2.94. The van der Waals surface area contributed by atoms with Gasteiger partial charge in [0.05, 0.1) is 17.4 Å². The number of rotatable bonds is 3. The van der Waals surface area contributed by atoms with Crippen molar-refractivity contribution in [2.75, 3.05) is 0 Å². The predicted molar refractivity (Wildman–Crippen MR) is 96.3 cm³/mol. The number of aromatic nitrogens is 3. The maximum absolute atomic E-state index is 13.5. The molecule has 150 valence electrons. The van der Waals surface area contributed by atoms with E-state index in [9.17, 15) is 22.4 Å². The van der Waals surface area contributed by atoms with Crippen LogP contribution in [-0.2, 0) is 12.6 Å². The summed E-state index contributed by atoms with van der Waals surface area (Å²) in [6, 6.07) is 5.46. The Morgan fingerprint density at radius 3 is 2.76 bits per heavy atom. The summed E-state index contributed by atoms with van der Waals surface area (Å²) in [5.74, 6) is -1.12. The molecule has 2 aromatic heterocycles. The van der Waals surface area contributed by atoms with Crippen molar-refractivity contribution in [1.82, 2.24) is 20.1 Å². The minimum absolute atomic E-state index is 0.0831. The fraction of sp³-hybridized carbons (Fsp3) is 0.211. The van der Waals surface area contributed by atoms with Crippen LogP contribution in [0.3, 0.4) is 0 Å². The van der Waals surface area contributed by atoms with Crippen molar-refractivity contribution in [3.05, 3.63) is 76.1 Å². The number of pyridine rings is 1. The summed E-state index contributed by atoms with van der Waals surface area (Å²) in [4.78, 5) is 15.8. The van der Waals surface area contributed by atoms with Gasteiger partial charge in [0, 0.05) is 28.5 Å². The van der Waals surface area contributed by atoms with E-state index in [1.54, 1.807) is 6.20 Å². The molecule has 1 amide bonds.